The van der Waals surface area contributed by atoms with E-state index in [2.05, 4.69) is 16.4 Å². The maximum absolute atomic E-state index is 12.2. The van der Waals surface area contributed by atoms with E-state index < -0.39 is 15.8 Å². The number of sulfone groups is 1. The Morgan fingerprint density at radius 3 is 2.78 bits per heavy atom. The number of nitrogens with one attached hydrogen (secondary N) is 1. The van der Waals surface area contributed by atoms with Crippen LogP contribution >= 0.6 is 11.3 Å². The molecule has 1 aliphatic rings. The summed E-state index contributed by atoms with van der Waals surface area (Å²) in [6, 6.07) is 6.15. The molecule has 2 aromatic rings. The molecule has 1 aliphatic heterocycles. The summed E-state index contributed by atoms with van der Waals surface area (Å²) in [5.41, 5.74) is 4.19. The van der Waals surface area contributed by atoms with Gasteiger partial charge in [0.1, 0.15) is 0 Å². The topological polar surface area (TPSA) is 76.1 Å². The fourth-order valence-electron chi connectivity index (χ4n) is 2.77. The summed E-state index contributed by atoms with van der Waals surface area (Å²) in [6.45, 7) is 4.07. The molecule has 1 unspecified atom stereocenters. The molecule has 7 heteroatoms. The maximum Gasteiger partial charge on any atom is 0.230 e. The second-order valence-corrected chi connectivity index (χ2v) is 9.03. The lowest BCUT2D eigenvalue weighted by Crippen LogP contribution is -2.23. The third-order valence-electron chi connectivity index (χ3n) is 4.00. The molecule has 23 heavy (non-hydrogen) atoms. The highest BCUT2D eigenvalue weighted by Gasteiger charge is 2.33. The van der Waals surface area contributed by atoms with Gasteiger partial charge in [-0.25, -0.2) is 13.4 Å². The molecule has 1 aromatic carbocycles. The Labute approximate surface area is 139 Å². The average molecular weight is 350 g/mol. The fraction of sp³-hybridized carbons (Fsp3) is 0.375. The van der Waals surface area contributed by atoms with Crippen LogP contribution in [0.15, 0.2) is 23.6 Å². The van der Waals surface area contributed by atoms with Crippen molar-refractivity contribution in [3.8, 4) is 11.3 Å². The zero-order valence-electron chi connectivity index (χ0n) is 13.0. The number of benzene rings is 1. The van der Waals surface area contributed by atoms with Crippen molar-refractivity contribution in [3.05, 3.63) is 34.7 Å². The molecular weight excluding hydrogens is 332 g/mol. The first-order valence-corrected chi connectivity index (χ1v) is 10.1. The van der Waals surface area contributed by atoms with Crippen molar-refractivity contribution in [2.24, 2.45) is 5.92 Å². The summed E-state index contributed by atoms with van der Waals surface area (Å²) in [6.07, 6.45) is 0.392. The number of amides is 1. The predicted molar refractivity (Wildman–Crippen MR) is 92.4 cm³/mol. The standard InChI is InChI=1S/C16H18N2O3S2/c1-10-3-4-13(11(2)7-10)14-8-22-16(17-14)18-15(19)12-5-6-23(20,21)9-12/h3-4,7-8,12H,5-6,9H2,1-2H3,(H,17,18,19). The SMILES string of the molecule is Cc1ccc(-c2csc(NC(=O)C3CCS(=O)(=O)C3)n2)c(C)c1. The van der Waals surface area contributed by atoms with Crippen molar-refractivity contribution in [2.45, 2.75) is 20.3 Å². The van der Waals surface area contributed by atoms with E-state index in [1.165, 1.54) is 16.9 Å². The van der Waals surface area contributed by atoms with Crippen LogP contribution in [0.25, 0.3) is 11.3 Å². The second-order valence-electron chi connectivity index (χ2n) is 5.95. The number of anilines is 1. The first kappa shape index (κ1) is 16.1. The van der Waals surface area contributed by atoms with Crippen LogP contribution in [-0.2, 0) is 14.6 Å². The van der Waals surface area contributed by atoms with Crippen molar-refractivity contribution in [1.29, 1.82) is 0 Å². The molecule has 0 bridgehead atoms. The van der Waals surface area contributed by atoms with Gasteiger partial charge in [0.2, 0.25) is 5.91 Å². The minimum Gasteiger partial charge on any atom is -0.302 e. The molecule has 5 nitrogen and oxygen atoms in total. The van der Waals surface area contributed by atoms with Gasteiger partial charge in [0.15, 0.2) is 15.0 Å². The Morgan fingerprint density at radius 1 is 1.35 bits per heavy atom. The summed E-state index contributed by atoms with van der Waals surface area (Å²) in [5.74, 6) is -0.689. The van der Waals surface area contributed by atoms with Crippen LogP contribution < -0.4 is 5.32 Å². The molecule has 122 valence electrons. The molecule has 3 rings (SSSR count). The zero-order valence-corrected chi connectivity index (χ0v) is 14.6. The monoisotopic (exact) mass is 350 g/mol. The Bertz CT molecular complexity index is 856. The van der Waals surface area contributed by atoms with Crippen LogP contribution in [0.3, 0.4) is 0 Å². The maximum atomic E-state index is 12.2. The molecule has 1 N–H and O–H groups in total. The van der Waals surface area contributed by atoms with E-state index in [0.717, 1.165) is 16.8 Å². The van der Waals surface area contributed by atoms with E-state index in [4.69, 9.17) is 0 Å². The lowest BCUT2D eigenvalue weighted by molar-refractivity contribution is -0.119. The Hall–Kier alpha value is -1.73. The van der Waals surface area contributed by atoms with Gasteiger partial charge in [0, 0.05) is 10.9 Å². The van der Waals surface area contributed by atoms with Crippen LogP contribution in [0.1, 0.15) is 17.5 Å². The summed E-state index contributed by atoms with van der Waals surface area (Å²) in [5, 5.41) is 5.16. The largest absolute Gasteiger partial charge is 0.302 e. The number of hydrogen-bond acceptors (Lipinski definition) is 5. The van der Waals surface area contributed by atoms with E-state index >= 15 is 0 Å². The average Bonchev–Trinajstić information content (AvgIpc) is 3.05. The van der Waals surface area contributed by atoms with Gasteiger partial charge in [0.25, 0.3) is 0 Å². The van der Waals surface area contributed by atoms with E-state index in [1.54, 1.807) is 0 Å². The molecule has 1 saturated heterocycles. The Balaban J connectivity index is 1.74. The number of hydrogen-bond donors (Lipinski definition) is 1. The van der Waals surface area contributed by atoms with Gasteiger partial charge >= 0.3 is 0 Å². The van der Waals surface area contributed by atoms with Gasteiger partial charge in [0.05, 0.1) is 23.1 Å². The lowest BCUT2D eigenvalue weighted by Gasteiger charge is -2.06. The lowest BCUT2D eigenvalue weighted by atomic mass is 10.0. The second kappa shape index (κ2) is 6.05. The van der Waals surface area contributed by atoms with Crippen LogP contribution in [-0.4, -0.2) is 30.8 Å². The summed E-state index contributed by atoms with van der Waals surface area (Å²) >= 11 is 1.35. The highest BCUT2D eigenvalue weighted by atomic mass is 32.2. The molecule has 0 spiro atoms. The highest BCUT2D eigenvalue weighted by molar-refractivity contribution is 7.91. The van der Waals surface area contributed by atoms with E-state index in [1.807, 2.05) is 31.4 Å². The van der Waals surface area contributed by atoms with Gasteiger partial charge in [-0.2, -0.15) is 0 Å². The Morgan fingerprint density at radius 2 is 2.13 bits per heavy atom. The Kier molecular flexibility index (Phi) is 4.25. The molecule has 0 radical (unpaired) electrons. The van der Waals surface area contributed by atoms with E-state index in [0.29, 0.717) is 11.6 Å². The molecule has 1 atom stereocenters. The molecule has 0 saturated carbocycles. The van der Waals surface area contributed by atoms with Gasteiger partial charge in [-0.05, 0) is 25.8 Å². The van der Waals surface area contributed by atoms with Crippen LogP contribution in [0.2, 0.25) is 0 Å². The summed E-state index contributed by atoms with van der Waals surface area (Å²) < 4.78 is 22.9. The number of aryl methyl sites for hydroxylation is 2. The van der Waals surface area contributed by atoms with Gasteiger partial charge in [-0.1, -0.05) is 23.8 Å². The third kappa shape index (κ3) is 3.61. The molecular formula is C16H18N2O3S2. The minimum absolute atomic E-state index is 0.0614. The smallest absolute Gasteiger partial charge is 0.230 e. The first-order valence-electron chi connectivity index (χ1n) is 7.38. The van der Waals surface area contributed by atoms with Crippen molar-refractivity contribution < 1.29 is 13.2 Å². The van der Waals surface area contributed by atoms with Gasteiger partial charge in [-0.15, -0.1) is 11.3 Å². The molecule has 1 amide bonds. The number of carbonyl (C=O) groups is 1. The molecule has 1 fully saturated rings. The third-order valence-corrected chi connectivity index (χ3v) is 6.52. The van der Waals surface area contributed by atoms with Crippen molar-refractivity contribution in [2.75, 3.05) is 16.8 Å². The van der Waals surface area contributed by atoms with Gasteiger partial charge in [-0.3, -0.25) is 4.79 Å². The van der Waals surface area contributed by atoms with Crippen LogP contribution in [0.5, 0.6) is 0 Å². The zero-order chi connectivity index (χ0) is 16.6. The van der Waals surface area contributed by atoms with E-state index in [-0.39, 0.29) is 17.4 Å². The molecule has 1 aromatic heterocycles. The molecule has 2 heterocycles. The summed E-state index contributed by atoms with van der Waals surface area (Å²) in [7, 11) is -3.06. The minimum atomic E-state index is -3.06. The normalized spacial score (nSPS) is 19.7. The van der Waals surface area contributed by atoms with Crippen LogP contribution in [0.4, 0.5) is 5.13 Å². The quantitative estimate of drug-likeness (QED) is 0.923. The predicted octanol–water partition coefficient (Wildman–Crippen LogP) is 2.80. The highest BCUT2D eigenvalue weighted by Crippen LogP contribution is 2.29. The molecule has 0 aliphatic carbocycles. The van der Waals surface area contributed by atoms with E-state index in [9.17, 15) is 13.2 Å². The van der Waals surface area contributed by atoms with Crippen molar-refractivity contribution in [1.82, 2.24) is 4.98 Å². The van der Waals surface area contributed by atoms with Crippen molar-refractivity contribution >= 4 is 32.2 Å². The number of carbonyl (C=O) groups excluding carboxylic acids is 1. The number of aromatic nitrogens is 1. The van der Waals surface area contributed by atoms with Crippen molar-refractivity contribution in [3.63, 3.8) is 0 Å². The van der Waals surface area contributed by atoms with Gasteiger partial charge < -0.3 is 5.32 Å². The first-order chi connectivity index (χ1) is 10.8. The van der Waals surface area contributed by atoms with Crippen LogP contribution in [0, 0.1) is 19.8 Å². The number of thiazole rings is 1. The summed E-state index contributed by atoms with van der Waals surface area (Å²) in [4.78, 5) is 16.6. The number of rotatable bonds is 3. The fourth-order valence-corrected chi connectivity index (χ4v) is 5.22. The number of nitrogens with zero attached hydrogens (tertiary/aromatic N) is 1.